The Kier molecular flexibility index (Phi) is 8.52. The van der Waals surface area contributed by atoms with Crippen LogP contribution in [-0.4, -0.2) is 39.7 Å². The average molecular weight is 391 g/mol. The molecule has 0 saturated carbocycles. The highest BCUT2D eigenvalue weighted by Gasteiger charge is 2.27. The van der Waals surface area contributed by atoms with Crippen LogP contribution in [0.4, 0.5) is 0 Å². The molecular formula is C23H34O5. The molecule has 5 nitrogen and oxygen atoms in total. The third kappa shape index (κ3) is 6.08. The maximum absolute atomic E-state index is 11.8. The third-order valence-electron chi connectivity index (χ3n) is 4.85. The SMILES string of the molecule is CCOC(=O)/C=C/c1cc(C(C)(C)C)c(OCOCCOC)c2c1CCCC2. The fourth-order valence-corrected chi connectivity index (χ4v) is 3.47. The minimum atomic E-state index is -0.309. The summed E-state index contributed by atoms with van der Waals surface area (Å²) in [5, 5.41) is 0. The molecule has 0 amide bonds. The van der Waals surface area contributed by atoms with Gasteiger partial charge in [0.15, 0.2) is 6.79 Å². The molecule has 1 aliphatic carbocycles. The largest absolute Gasteiger partial charge is 0.467 e. The predicted octanol–water partition coefficient (Wildman–Crippen LogP) is 4.44. The van der Waals surface area contributed by atoms with Crippen molar-refractivity contribution in [3.05, 3.63) is 34.4 Å². The van der Waals surface area contributed by atoms with Crippen LogP contribution in [-0.2, 0) is 37.3 Å². The van der Waals surface area contributed by atoms with Crippen molar-refractivity contribution in [2.45, 2.75) is 58.8 Å². The summed E-state index contributed by atoms with van der Waals surface area (Å²) in [6.07, 6.45) is 7.66. The van der Waals surface area contributed by atoms with E-state index in [4.69, 9.17) is 18.9 Å². The van der Waals surface area contributed by atoms with Crippen LogP contribution in [0.15, 0.2) is 12.1 Å². The number of carbonyl (C=O) groups excluding carboxylic acids is 1. The minimum absolute atomic E-state index is 0.0964. The van der Waals surface area contributed by atoms with E-state index < -0.39 is 0 Å². The van der Waals surface area contributed by atoms with Gasteiger partial charge in [-0.2, -0.15) is 0 Å². The van der Waals surface area contributed by atoms with Crippen LogP contribution in [0, 0.1) is 0 Å². The molecule has 0 radical (unpaired) electrons. The number of fused-ring (bicyclic) bond motifs is 1. The quantitative estimate of drug-likeness (QED) is 0.270. The summed E-state index contributed by atoms with van der Waals surface area (Å²) in [5.74, 6) is 0.629. The van der Waals surface area contributed by atoms with E-state index in [2.05, 4.69) is 26.8 Å². The normalized spacial score (nSPS) is 14.2. The van der Waals surface area contributed by atoms with Gasteiger partial charge in [-0.1, -0.05) is 20.8 Å². The van der Waals surface area contributed by atoms with Crippen LogP contribution in [0.5, 0.6) is 5.75 Å². The summed E-state index contributed by atoms with van der Waals surface area (Å²) in [4.78, 5) is 11.8. The molecule has 0 N–H and O–H groups in total. The van der Waals surface area contributed by atoms with Gasteiger partial charge in [-0.25, -0.2) is 4.79 Å². The van der Waals surface area contributed by atoms with Gasteiger partial charge in [-0.15, -0.1) is 0 Å². The van der Waals surface area contributed by atoms with Crippen molar-refractivity contribution in [3.63, 3.8) is 0 Å². The Bertz CT molecular complexity index is 685. The Morgan fingerprint density at radius 1 is 1.14 bits per heavy atom. The van der Waals surface area contributed by atoms with Crippen molar-refractivity contribution < 1.29 is 23.7 Å². The molecule has 0 spiro atoms. The third-order valence-corrected chi connectivity index (χ3v) is 4.85. The van der Waals surface area contributed by atoms with Crippen molar-refractivity contribution in [3.8, 4) is 5.75 Å². The number of hydrogen-bond acceptors (Lipinski definition) is 5. The first-order valence-corrected chi connectivity index (χ1v) is 10.1. The zero-order chi connectivity index (χ0) is 20.6. The van der Waals surface area contributed by atoms with Gasteiger partial charge < -0.3 is 18.9 Å². The second-order valence-electron chi connectivity index (χ2n) is 8.01. The Balaban J connectivity index is 2.39. The zero-order valence-electron chi connectivity index (χ0n) is 17.9. The molecule has 28 heavy (non-hydrogen) atoms. The van der Waals surface area contributed by atoms with Gasteiger partial charge in [0.1, 0.15) is 5.75 Å². The van der Waals surface area contributed by atoms with Gasteiger partial charge in [0.25, 0.3) is 0 Å². The molecule has 5 heteroatoms. The van der Waals surface area contributed by atoms with E-state index in [9.17, 15) is 4.79 Å². The highest BCUT2D eigenvalue weighted by atomic mass is 16.7. The van der Waals surface area contributed by atoms with Crippen molar-refractivity contribution in [1.29, 1.82) is 0 Å². The van der Waals surface area contributed by atoms with Gasteiger partial charge in [0, 0.05) is 18.7 Å². The van der Waals surface area contributed by atoms with Crippen LogP contribution in [0.1, 0.15) is 62.8 Å². The lowest BCUT2D eigenvalue weighted by Gasteiger charge is -2.29. The Morgan fingerprint density at radius 2 is 1.86 bits per heavy atom. The standard InChI is InChI=1S/C23H34O5/c1-6-27-21(24)12-11-17-15-20(23(2,3)4)22(28-16-26-14-13-25-5)19-10-8-7-9-18(17)19/h11-12,15H,6-10,13-14,16H2,1-5H3/b12-11+. The van der Waals surface area contributed by atoms with Gasteiger partial charge in [-0.3, -0.25) is 0 Å². The second-order valence-corrected chi connectivity index (χ2v) is 8.01. The van der Waals surface area contributed by atoms with Gasteiger partial charge in [0.2, 0.25) is 0 Å². The highest BCUT2D eigenvalue weighted by Crippen LogP contribution is 2.41. The average Bonchev–Trinajstić information content (AvgIpc) is 2.66. The summed E-state index contributed by atoms with van der Waals surface area (Å²) in [7, 11) is 1.65. The Labute approximate surface area is 169 Å². The highest BCUT2D eigenvalue weighted by molar-refractivity contribution is 5.87. The van der Waals surface area contributed by atoms with Crippen molar-refractivity contribution in [1.82, 2.24) is 0 Å². The van der Waals surface area contributed by atoms with E-state index in [-0.39, 0.29) is 18.2 Å². The van der Waals surface area contributed by atoms with Crippen LogP contribution >= 0.6 is 0 Å². The van der Waals surface area contributed by atoms with Crippen molar-refractivity contribution in [2.75, 3.05) is 33.7 Å². The van der Waals surface area contributed by atoms with E-state index in [1.807, 2.05) is 13.0 Å². The summed E-state index contributed by atoms with van der Waals surface area (Å²) in [5.41, 5.74) is 4.64. The molecule has 0 saturated heterocycles. The summed E-state index contributed by atoms with van der Waals surface area (Å²) < 4.78 is 21.7. The van der Waals surface area contributed by atoms with Crippen LogP contribution in [0.25, 0.3) is 6.08 Å². The Morgan fingerprint density at radius 3 is 2.50 bits per heavy atom. The molecule has 0 atom stereocenters. The summed E-state index contributed by atoms with van der Waals surface area (Å²) in [6, 6.07) is 2.16. The first kappa shape index (κ1) is 22.4. The molecule has 1 aliphatic rings. The molecule has 0 fully saturated rings. The number of carbonyl (C=O) groups is 1. The van der Waals surface area contributed by atoms with E-state index in [1.165, 1.54) is 17.2 Å². The Hall–Kier alpha value is -1.85. The molecule has 0 aliphatic heterocycles. The molecule has 0 heterocycles. The van der Waals surface area contributed by atoms with Gasteiger partial charge in [-0.05, 0) is 66.9 Å². The maximum Gasteiger partial charge on any atom is 0.330 e. The molecule has 156 valence electrons. The molecule has 1 aromatic carbocycles. The summed E-state index contributed by atoms with van der Waals surface area (Å²) in [6.45, 7) is 9.97. The number of benzene rings is 1. The molecule has 0 unspecified atom stereocenters. The predicted molar refractivity (Wildman–Crippen MR) is 111 cm³/mol. The van der Waals surface area contributed by atoms with Crippen LogP contribution in [0.2, 0.25) is 0 Å². The lowest BCUT2D eigenvalue weighted by molar-refractivity contribution is -0.137. The van der Waals surface area contributed by atoms with Crippen LogP contribution < -0.4 is 4.74 Å². The lowest BCUT2D eigenvalue weighted by atomic mass is 9.78. The number of ether oxygens (including phenoxy) is 4. The van der Waals surface area contributed by atoms with Crippen molar-refractivity contribution >= 4 is 12.0 Å². The molecule has 0 aromatic heterocycles. The van der Waals surface area contributed by atoms with Crippen LogP contribution in [0.3, 0.4) is 0 Å². The summed E-state index contributed by atoms with van der Waals surface area (Å²) >= 11 is 0. The number of methoxy groups -OCH3 is 1. The van der Waals surface area contributed by atoms with E-state index in [1.54, 1.807) is 7.11 Å². The molecular weight excluding hydrogens is 356 g/mol. The lowest BCUT2D eigenvalue weighted by Crippen LogP contribution is -2.19. The molecule has 0 bridgehead atoms. The number of esters is 1. The van der Waals surface area contributed by atoms with E-state index >= 15 is 0 Å². The maximum atomic E-state index is 11.8. The zero-order valence-corrected chi connectivity index (χ0v) is 17.9. The van der Waals surface area contributed by atoms with Gasteiger partial charge in [0.05, 0.1) is 19.8 Å². The van der Waals surface area contributed by atoms with E-state index in [0.717, 1.165) is 42.6 Å². The smallest absolute Gasteiger partial charge is 0.330 e. The van der Waals surface area contributed by atoms with E-state index in [0.29, 0.717) is 19.8 Å². The fraction of sp³-hybridized carbons (Fsp3) is 0.609. The fourth-order valence-electron chi connectivity index (χ4n) is 3.47. The monoisotopic (exact) mass is 390 g/mol. The second kappa shape index (κ2) is 10.6. The first-order chi connectivity index (χ1) is 13.4. The van der Waals surface area contributed by atoms with Gasteiger partial charge >= 0.3 is 5.97 Å². The number of hydrogen-bond donors (Lipinski definition) is 0. The minimum Gasteiger partial charge on any atom is -0.467 e. The van der Waals surface area contributed by atoms with Crippen molar-refractivity contribution in [2.24, 2.45) is 0 Å². The molecule has 1 aromatic rings. The topological polar surface area (TPSA) is 54.0 Å². The first-order valence-electron chi connectivity index (χ1n) is 10.1. The molecule has 2 rings (SSSR count). The number of rotatable bonds is 9.